The summed E-state index contributed by atoms with van der Waals surface area (Å²) in [5, 5.41) is 22.7. The van der Waals surface area contributed by atoms with Gasteiger partial charge in [-0.2, -0.15) is 0 Å². The zero-order valence-electron chi connectivity index (χ0n) is 19.8. The molecule has 0 bridgehead atoms. The minimum Gasteiger partial charge on any atom is -0.497 e. The third-order valence-electron chi connectivity index (χ3n) is 7.29. The normalized spacial score (nSPS) is 17.1. The van der Waals surface area contributed by atoms with Crippen LogP contribution in [0.3, 0.4) is 0 Å². The van der Waals surface area contributed by atoms with Crippen LogP contribution in [0.5, 0.6) is 5.75 Å². The molecule has 4 rings (SSSR count). The number of fused-ring (bicyclic) bond motifs is 1. The van der Waals surface area contributed by atoms with Gasteiger partial charge in [-0.05, 0) is 99.5 Å². The van der Waals surface area contributed by atoms with Crippen molar-refractivity contribution in [2.24, 2.45) is 5.41 Å². The SMILES string of the molecule is COc1ccc2ncc(Cl)c(C(O)CCC3(CO)CCN(CCCc4ccncc4)CC3)c2c1. The summed E-state index contributed by atoms with van der Waals surface area (Å²) in [6, 6.07) is 9.75. The second kappa shape index (κ2) is 11.5. The van der Waals surface area contributed by atoms with Crippen molar-refractivity contribution in [3.05, 3.63) is 65.1 Å². The Morgan fingerprint density at radius 3 is 2.65 bits per heavy atom. The Labute approximate surface area is 206 Å². The van der Waals surface area contributed by atoms with Crippen LogP contribution in [0.4, 0.5) is 0 Å². The van der Waals surface area contributed by atoms with Crippen molar-refractivity contribution >= 4 is 22.5 Å². The minimum absolute atomic E-state index is 0.142. The Hall–Kier alpha value is -2.25. The Bertz CT molecular complexity index is 1070. The zero-order valence-corrected chi connectivity index (χ0v) is 20.5. The molecular formula is C27H34ClN3O3. The summed E-state index contributed by atoms with van der Waals surface area (Å²) < 4.78 is 5.36. The molecular weight excluding hydrogens is 450 g/mol. The van der Waals surface area contributed by atoms with E-state index in [2.05, 4.69) is 27.0 Å². The lowest BCUT2D eigenvalue weighted by molar-refractivity contribution is 0.0234. The van der Waals surface area contributed by atoms with E-state index in [9.17, 15) is 10.2 Å². The molecule has 3 heterocycles. The summed E-state index contributed by atoms with van der Waals surface area (Å²) in [5.41, 5.74) is 2.63. The molecule has 0 amide bonds. The molecule has 0 aliphatic carbocycles. The van der Waals surface area contributed by atoms with Crippen molar-refractivity contribution in [1.29, 1.82) is 0 Å². The van der Waals surface area contributed by atoms with E-state index in [0.717, 1.165) is 62.6 Å². The summed E-state index contributed by atoms with van der Waals surface area (Å²) in [6.07, 6.45) is 9.89. The van der Waals surface area contributed by atoms with Gasteiger partial charge in [-0.15, -0.1) is 0 Å². The smallest absolute Gasteiger partial charge is 0.119 e. The molecule has 7 heteroatoms. The first-order chi connectivity index (χ1) is 16.5. The maximum atomic E-state index is 11.1. The number of aliphatic hydroxyl groups is 2. The molecule has 2 aromatic heterocycles. The lowest BCUT2D eigenvalue weighted by atomic mass is 9.74. The number of nitrogens with zero attached hydrogens (tertiary/aromatic N) is 3. The second-order valence-corrected chi connectivity index (χ2v) is 9.82. The number of likely N-dealkylation sites (tertiary alicyclic amines) is 1. The van der Waals surface area contributed by atoms with Gasteiger partial charge in [0.2, 0.25) is 0 Å². The van der Waals surface area contributed by atoms with Gasteiger partial charge < -0.3 is 19.8 Å². The number of aryl methyl sites for hydroxylation is 1. The first kappa shape index (κ1) is 24.9. The standard InChI is InChI=1S/C27H34ClN3O3/c1-34-21-4-5-24-22(17-21)26(23(28)18-30-24)25(33)6-9-27(19-32)10-15-31(16-11-27)14-2-3-20-7-12-29-13-8-20/h4-5,7-8,12-13,17-18,25,32-33H,2-3,6,9-11,14-16,19H2,1H3. The van der Waals surface area contributed by atoms with E-state index in [4.69, 9.17) is 16.3 Å². The molecule has 1 aliphatic rings. The van der Waals surface area contributed by atoms with E-state index in [1.54, 1.807) is 13.3 Å². The van der Waals surface area contributed by atoms with Crippen LogP contribution in [-0.2, 0) is 6.42 Å². The number of hydrogen-bond acceptors (Lipinski definition) is 6. The van der Waals surface area contributed by atoms with E-state index in [-0.39, 0.29) is 12.0 Å². The first-order valence-electron chi connectivity index (χ1n) is 12.1. The summed E-state index contributed by atoms with van der Waals surface area (Å²) in [6.45, 7) is 3.16. The largest absolute Gasteiger partial charge is 0.497 e. The van der Waals surface area contributed by atoms with Crippen molar-refractivity contribution in [3.8, 4) is 5.75 Å². The minimum atomic E-state index is -0.730. The van der Waals surface area contributed by atoms with Gasteiger partial charge in [0.05, 0.1) is 23.8 Å². The van der Waals surface area contributed by atoms with E-state index in [1.807, 2.05) is 30.6 Å². The lowest BCUT2D eigenvalue weighted by Crippen LogP contribution is -2.42. The topological polar surface area (TPSA) is 78.7 Å². The highest BCUT2D eigenvalue weighted by molar-refractivity contribution is 6.32. The maximum Gasteiger partial charge on any atom is 0.119 e. The van der Waals surface area contributed by atoms with Crippen molar-refractivity contribution in [3.63, 3.8) is 0 Å². The van der Waals surface area contributed by atoms with Crippen LogP contribution in [-0.4, -0.2) is 58.4 Å². The van der Waals surface area contributed by atoms with Gasteiger partial charge in [-0.3, -0.25) is 9.97 Å². The number of pyridine rings is 2. The molecule has 1 unspecified atom stereocenters. The quantitative estimate of drug-likeness (QED) is 0.430. The number of aliphatic hydroxyl groups excluding tert-OH is 2. The van der Waals surface area contributed by atoms with Crippen LogP contribution in [0.25, 0.3) is 10.9 Å². The average Bonchev–Trinajstić information content (AvgIpc) is 2.88. The molecule has 1 aromatic carbocycles. The van der Waals surface area contributed by atoms with Gasteiger partial charge in [-0.1, -0.05) is 11.6 Å². The van der Waals surface area contributed by atoms with Gasteiger partial charge in [-0.25, -0.2) is 0 Å². The van der Waals surface area contributed by atoms with Gasteiger partial charge in [0.15, 0.2) is 0 Å². The van der Waals surface area contributed by atoms with Crippen LogP contribution < -0.4 is 4.74 Å². The molecule has 0 spiro atoms. The Morgan fingerprint density at radius 1 is 1.18 bits per heavy atom. The Kier molecular flexibility index (Phi) is 8.37. The van der Waals surface area contributed by atoms with Gasteiger partial charge in [0.1, 0.15) is 5.75 Å². The molecule has 1 aliphatic heterocycles. The zero-order chi connectivity index (χ0) is 24.0. The summed E-state index contributed by atoms with van der Waals surface area (Å²) >= 11 is 6.47. The van der Waals surface area contributed by atoms with E-state index in [1.165, 1.54) is 5.56 Å². The number of halogens is 1. The number of methoxy groups -OCH3 is 1. The third-order valence-corrected chi connectivity index (χ3v) is 7.59. The Morgan fingerprint density at radius 2 is 1.94 bits per heavy atom. The number of hydrogen-bond donors (Lipinski definition) is 2. The molecule has 3 aromatic rings. The van der Waals surface area contributed by atoms with Crippen molar-refractivity contribution in [1.82, 2.24) is 14.9 Å². The summed E-state index contributed by atoms with van der Waals surface area (Å²) in [7, 11) is 1.62. The summed E-state index contributed by atoms with van der Waals surface area (Å²) in [4.78, 5) is 11.0. The van der Waals surface area contributed by atoms with Gasteiger partial charge in [0.25, 0.3) is 0 Å². The molecule has 1 saturated heterocycles. The van der Waals surface area contributed by atoms with Crippen LogP contribution in [0.15, 0.2) is 48.9 Å². The van der Waals surface area contributed by atoms with Crippen molar-refractivity contribution < 1.29 is 14.9 Å². The van der Waals surface area contributed by atoms with Gasteiger partial charge in [0, 0.05) is 36.1 Å². The molecule has 0 radical (unpaired) electrons. The fourth-order valence-corrected chi connectivity index (χ4v) is 5.29. The molecule has 1 atom stereocenters. The van der Waals surface area contributed by atoms with E-state index in [0.29, 0.717) is 22.8 Å². The predicted octanol–water partition coefficient (Wildman–Crippen LogP) is 4.81. The van der Waals surface area contributed by atoms with Crippen LogP contribution in [0.1, 0.15) is 49.3 Å². The number of rotatable bonds is 10. The van der Waals surface area contributed by atoms with Crippen LogP contribution >= 0.6 is 11.6 Å². The van der Waals surface area contributed by atoms with E-state index < -0.39 is 6.10 Å². The average molecular weight is 484 g/mol. The highest BCUT2D eigenvalue weighted by Gasteiger charge is 2.34. The monoisotopic (exact) mass is 483 g/mol. The van der Waals surface area contributed by atoms with Crippen molar-refractivity contribution in [2.45, 2.75) is 44.6 Å². The predicted molar refractivity (Wildman–Crippen MR) is 135 cm³/mol. The first-order valence-corrected chi connectivity index (χ1v) is 12.4. The molecule has 2 N–H and O–H groups in total. The third kappa shape index (κ3) is 5.87. The number of piperidine rings is 1. The van der Waals surface area contributed by atoms with Gasteiger partial charge >= 0.3 is 0 Å². The number of ether oxygens (including phenoxy) is 1. The summed E-state index contributed by atoms with van der Waals surface area (Å²) in [5.74, 6) is 0.702. The maximum absolute atomic E-state index is 11.1. The number of aromatic nitrogens is 2. The van der Waals surface area contributed by atoms with E-state index >= 15 is 0 Å². The highest BCUT2D eigenvalue weighted by atomic mass is 35.5. The molecule has 1 fully saturated rings. The van der Waals surface area contributed by atoms with Crippen LogP contribution in [0.2, 0.25) is 5.02 Å². The lowest BCUT2D eigenvalue weighted by Gasteiger charge is -2.41. The second-order valence-electron chi connectivity index (χ2n) is 9.42. The van der Waals surface area contributed by atoms with Crippen molar-refractivity contribution in [2.75, 3.05) is 33.4 Å². The molecule has 182 valence electrons. The van der Waals surface area contributed by atoms with Crippen LogP contribution in [0, 0.1) is 5.41 Å². The molecule has 0 saturated carbocycles. The molecule has 34 heavy (non-hydrogen) atoms. The fourth-order valence-electron chi connectivity index (χ4n) is 5.02. The number of benzene rings is 1. The Balaban J connectivity index is 1.34. The highest BCUT2D eigenvalue weighted by Crippen LogP contribution is 2.40. The molecule has 6 nitrogen and oxygen atoms in total. The fraction of sp³-hybridized carbons (Fsp3) is 0.481.